The Bertz CT molecular complexity index is 1070. The molecule has 0 radical (unpaired) electrons. The molecular formula is C21H23N3O4S. The number of amides is 1. The number of aromatic nitrogens is 2. The number of methoxy groups -OCH3 is 2. The van der Waals surface area contributed by atoms with Crippen LogP contribution >= 0.6 is 11.8 Å². The van der Waals surface area contributed by atoms with E-state index in [4.69, 9.17) is 9.47 Å². The molecule has 29 heavy (non-hydrogen) atoms. The normalized spacial score (nSPS) is 12.0. The van der Waals surface area contributed by atoms with E-state index in [2.05, 4.69) is 10.3 Å². The molecule has 1 atom stereocenters. The highest BCUT2D eigenvalue weighted by Crippen LogP contribution is 2.27. The van der Waals surface area contributed by atoms with Crippen molar-refractivity contribution >= 4 is 34.3 Å². The Morgan fingerprint density at radius 2 is 1.90 bits per heavy atom. The van der Waals surface area contributed by atoms with Crippen molar-refractivity contribution in [2.75, 3.05) is 26.1 Å². The molecule has 8 heteroatoms. The minimum absolute atomic E-state index is 0.146. The van der Waals surface area contributed by atoms with Gasteiger partial charge in [0.1, 0.15) is 5.75 Å². The van der Waals surface area contributed by atoms with Crippen LogP contribution in [0.2, 0.25) is 0 Å². The summed E-state index contributed by atoms with van der Waals surface area (Å²) in [6.45, 7) is 2.50. The first kappa shape index (κ1) is 20.9. The van der Waals surface area contributed by atoms with Crippen LogP contribution in [0.4, 0.5) is 5.69 Å². The number of hydrogen-bond donors (Lipinski definition) is 1. The van der Waals surface area contributed by atoms with Crippen molar-refractivity contribution in [3.63, 3.8) is 0 Å². The van der Waals surface area contributed by atoms with Gasteiger partial charge in [-0.3, -0.25) is 14.2 Å². The topological polar surface area (TPSA) is 82.4 Å². The molecule has 0 saturated carbocycles. The van der Waals surface area contributed by atoms with Crippen LogP contribution in [-0.2, 0) is 16.1 Å². The number of nitrogens with zero attached hydrogens (tertiary/aromatic N) is 2. The minimum atomic E-state index is -0.484. The second-order valence-electron chi connectivity index (χ2n) is 6.31. The lowest BCUT2D eigenvalue weighted by Crippen LogP contribution is -2.28. The van der Waals surface area contributed by atoms with Gasteiger partial charge < -0.3 is 14.8 Å². The third-order valence-corrected chi connectivity index (χ3v) is 5.45. The summed E-state index contributed by atoms with van der Waals surface area (Å²) in [7, 11) is 3.13. The van der Waals surface area contributed by atoms with E-state index in [-0.39, 0.29) is 11.5 Å². The predicted octanol–water partition coefficient (Wildman–Crippen LogP) is 3.17. The molecule has 1 amide bonds. The fourth-order valence-electron chi connectivity index (χ4n) is 2.81. The van der Waals surface area contributed by atoms with Crippen LogP contribution in [0, 0.1) is 0 Å². The summed E-state index contributed by atoms with van der Waals surface area (Å²) in [5, 5.41) is 3.41. The Morgan fingerprint density at radius 1 is 1.17 bits per heavy atom. The molecule has 0 aliphatic carbocycles. The van der Waals surface area contributed by atoms with Gasteiger partial charge in [0.15, 0.2) is 5.16 Å². The summed E-state index contributed by atoms with van der Waals surface area (Å²) < 4.78 is 12.0. The molecular weight excluding hydrogens is 390 g/mol. The number of carbonyl (C=O) groups excluding carboxylic acids is 1. The standard InChI is InChI=1S/C21H23N3O4S/c1-14(19(25)22-17-10-6-7-11-18(17)28-3)29-21-23-16-9-5-4-8-15(16)20(26)24(21)12-13-27-2/h4-11,14H,12-13H2,1-3H3,(H,22,25)/t14-/m0/s1. The molecule has 0 unspecified atom stereocenters. The second kappa shape index (κ2) is 9.58. The van der Waals surface area contributed by atoms with Crippen molar-refractivity contribution in [1.29, 1.82) is 0 Å². The van der Waals surface area contributed by atoms with Crippen molar-refractivity contribution in [3.05, 3.63) is 58.9 Å². The molecule has 1 N–H and O–H groups in total. The van der Waals surface area contributed by atoms with Gasteiger partial charge in [-0.15, -0.1) is 0 Å². The van der Waals surface area contributed by atoms with Crippen LogP contribution in [0.15, 0.2) is 58.5 Å². The van der Waals surface area contributed by atoms with Crippen molar-refractivity contribution in [1.82, 2.24) is 9.55 Å². The second-order valence-corrected chi connectivity index (χ2v) is 7.62. The number of para-hydroxylation sites is 3. The molecule has 0 aliphatic rings. The lowest BCUT2D eigenvalue weighted by molar-refractivity contribution is -0.115. The minimum Gasteiger partial charge on any atom is -0.495 e. The van der Waals surface area contributed by atoms with E-state index in [1.165, 1.54) is 11.8 Å². The van der Waals surface area contributed by atoms with Crippen molar-refractivity contribution in [2.24, 2.45) is 0 Å². The largest absolute Gasteiger partial charge is 0.495 e. The highest BCUT2D eigenvalue weighted by Gasteiger charge is 2.20. The number of carbonyl (C=O) groups is 1. The first-order valence-electron chi connectivity index (χ1n) is 9.14. The van der Waals surface area contributed by atoms with Gasteiger partial charge in [-0.1, -0.05) is 36.0 Å². The molecule has 7 nitrogen and oxygen atoms in total. The Morgan fingerprint density at radius 3 is 2.66 bits per heavy atom. The van der Waals surface area contributed by atoms with Gasteiger partial charge in [0.2, 0.25) is 5.91 Å². The lowest BCUT2D eigenvalue weighted by atomic mass is 10.2. The van der Waals surface area contributed by atoms with Gasteiger partial charge in [-0.25, -0.2) is 4.98 Å². The Balaban J connectivity index is 1.87. The number of nitrogens with one attached hydrogen (secondary N) is 1. The fourth-order valence-corrected chi connectivity index (χ4v) is 3.75. The number of rotatable bonds is 8. The van der Waals surface area contributed by atoms with Crippen LogP contribution in [0.25, 0.3) is 10.9 Å². The third-order valence-electron chi connectivity index (χ3n) is 4.36. The zero-order valence-electron chi connectivity index (χ0n) is 16.5. The molecule has 2 aromatic carbocycles. The number of ether oxygens (including phenoxy) is 2. The van der Waals surface area contributed by atoms with Crippen LogP contribution in [-0.4, -0.2) is 41.5 Å². The van der Waals surface area contributed by atoms with Crippen molar-refractivity contribution in [3.8, 4) is 5.75 Å². The summed E-state index contributed by atoms with van der Waals surface area (Å²) in [6.07, 6.45) is 0. The van der Waals surface area contributed by atoms with Crippen molar-refractivity contribution in [2.45, 2.75) is 23.9 Å². The lowest BCUT2D eigenvalue weighted by Gasteiger charge is -2.17. The van der Waals surface area contributed by atoms with E-state index >= 15 is 0 Å². The van der Waals surface area contributed by atoms with Gasteiger partial charge in [0.25, 0.3) is 5.56 Å². The fraction of sp³-hybridized carbons (Fsp3) is 0.286. The van der Waals surface area contributed by atoms with E-state index in [1.807, 2.05) is 24.3 Å². The maximum Gasteiger partial charge on any atom is 0.262 e. The van der Waals surface area contributed by atoms with Crippen LogP contribution in [0.5, 0.6) is 5.75 Å². The number of benzene rings is 2. The third kappa shape index (κ3) is 4.78. The molecule has 3 aromatic rings. The first-order valence-corrected chi connectivity index (χ1v) is 10.0. The number of fused-ring (bicyclic) bond motifs is 1. The first-order chi connectivity index (χ1) is 14.0. The Hall–Kier alpha value is -2.84. The van der Waals surface area contributed by atoms with E-state index in [0.29, 0.717) is 40.6 Å². The molecule has 0 saturated heterocycles. The SMILES string of the molecule is COCCn1c(S[C@@H](C)C(=O)Nc2ccccc2OC)nc2ccccc2c1=O. The maximum atomic E-state index is 12.9. The van der Waals surface area contributed by atoms with E-state index in [1.54, 1.807) is 50.0 Å². The maximum absolute atomic E-state index is 12.9. The van der Waals surface area contributed by atoms with E-state index in [0.717, 1.165) is 0 Å². The number of anilines is 1. The smallest absolute Gasteiger partial charge is 0.262 e. The molecule has 1 heterocycles. The van der Waals surface area contributed by atoms with E-state index < -0.39 is 5.25 Å². The van der Waals surface area contributed by atoms with Gasteiger partial charge >= 0.3 is 0 Å². The monoisotopic (exact) mass is 413 g/mol. The molecule has 0 bridgehead atoms. The highest BCUT2D eigenvalue weighted by molar-refractivity contribution is 8.00. The molecule has 1 aromatic heterocycles. The quantitative estimate of drug-likeness (QED) is 0.451. The van der Waals surface area contributed by atoms with E-state index in [9.17, 15) is 9.59 Å². The average Bonchev–Trinajstić information content (AvgIpc) is 2.74. The van der Waals surface area contributed by atoms with Gasteiger partial charge in [-0.2, -0.15) is 0 Å². The van der Waals surface area contributed by atoms with Gasteiger partial charge in [0, 0.05) is 7.11 Å². The zero-order valence-corrected chi connectivity index (χ0v) is 17.4. The Kier molecular flexibility index (Phi) is 6.90. The summed E-state index contributed by atoms with van der Waals surface area (Å²) in [5.41, 5.74) is 1.05. The summed E-state index contributed by atoms with van der Waals surface area (Å²) >= 11 is 1.23. The van der Waals surface area contributed by atoms with Crippen LogP contribution in [0.3, 0.4) is 0 Å². The average molecular weight is 413 g/mol. The van der Waals surface area contributed by atoms with Crippen LogP contribution in [0.1, 0.15) is 6.92 Å². The number of hydrogen-bond acceptors (Lipinski definition) is 6. The predicted molar refractivity (Wildman–Crippen MR) is 115 cm³/mol. The molecule has 3 rings (SSSR count). The highest BCUT2D eigenvalue weighted by atomic mass is 32.2. The van der Waals surface area contributed by atoms with Gasteiger partial charge in [0.05, 0.1) is 42.1 Å². The summed E-state index contributed by atoms with van der Waals surface area (Å²) in [6, 6.07) is 14.4. The molecule has 0 aliphatic heterocycles. The van der Waals surface area contributed by atoms with Crippen LogP contribution < -0.4 is 15.6 Å². The number of thioether (sulfide) groups is 1. The summed E-state index contributed by atoms with van der Waals surface area (Å²) in [4.78, 5) is 30.3. The Labute approximate surface area is 173 Å². The summed E-state index contributed by atoms with van der Waals surface area (Å²) in [5.74, 6) is 0.374. The molecule has 0 fully saturated rings. The zero-order chi connectivity index (χ0) is 20.8. The molecule has 0 spiro atoms. The molecule has 152 valence electrons. The van der Waals surface area contributed by atoms with Gasteiger partial charge in [-0.05, 0) is 31.2 Å². The van der Waals surface area contributed by atoms with Crippen molar-refractivity contribution < 1.29 is 14.3 Å².